The molecule has 1 aliphatic carbocycles. The van der Waals surface area contributed by atoms with Gasteiger partial charge in [0.25, 0.3) is 0 Å². The topological polar surface area (TPSA) is 44.1 Å². The van der Waals surface area contributed by atoms with Gasteiger partial charge in [-0.1, -0.05) is 12.1 Å². The first-order valence-corrected chi connectivity index (χ1v) is 5.62. The van der Waals surface area contributed by atoms with Crippen LogP contribution in [0.25, 0.3) is 0 Å². The summed E-state index contributed by atoms with van der Waals surface area (Å²) in [7, 11) is 0. The van der Waals surface area contributed by atoms with E-state index in [1.54, 1.807) is 25.1 Å². The maximum atomic E-state index is 13.6. The lowest BCUT2D eigenvalue weighted by Crippen LogP contribution is -2.37. The number of amides is 1. The standard InChI is InChI=1S/C13H13FN2O/c1-2-16(11-6-4-3-5-10(11)14)12(17)13(9-15)7-8-13/h3-6H,2,7-8H2,1H3. The number of anilines is 1. The van der Waals surface area contributed by atoms with E-state index in [2.05, 4.69) is 0 Å². The highest BCUT2D eigenvalue weighted by Crippen LogP contribution is 2.47. The van der Waals surface area contributed by atoms with Crippen LogP contribution in [0.15, 0.2) is 24.3 Å². The second-order valence-corrected chi connectivity index (χ2v) is 4.19. The van der Waals surface area contributed by atoms with Gasteiger partial charge in [0.2, 0.25) is 5.91 Å². The Morgan fingerprint density at radius 1 is 1.53 bits per heavy atom. The summed E-state index contributed by atoms with van der Waals surface area (Å²) in [6.07, 6.45) is 1.15. The SMILES string of the molecule is CCN(C(=O)C1(C#N)CC1)c1ccccc1F. The molecular weight excluding hydrogens is 219 g/mol. The fourth-order valence-corrected chi connectivity index (χ4v) is 1.85. The summed E-state index contributed by atoms with van der Waals surface area (Å²) in [5.74, 6) is -0.718. The molecule has 4 heteroatoms. The summed E-state index contributed by atoms with van der Waals surface area (Å²) in [6.45, 7) is 2.14. The van der Waals surface area contributed by atoms with Crippen molar-refractivity contribution in [2.45, 2.75) is 19.8 Å². The maximum absolute atomic E-state index is 13.6. The van der Waals surface area contributed by atoms with Crippen LogP contribution >= 0.6 is 0 Å². The molecule has 2 rings (SSSR count). The number of rotatable bonds is 3. The zero-order valence-electron chi connectivity index (χ0n) is 9.61. The number of hydrogen-bond acceptors (Lipinski definition) is 2. The van der Waals surface area contributed by atoms with Crippen molar-refractivity contribution in [1.82, 2.24) is 0 Å². The van der Waals surface area contributed by atoms with Gasteiger partial charge in [0.1, 0.15) is 11.2 Å². The van der Waals surface area contributed by atoms with Crippen molar-refractivity contribution in [2.24, 2.45) is 5.41 Å². The molecule has 1 aliphatic rings. The Morgan fingerprint density at radius 2 is 2.18 bits per heavy atom. The average molecular weight is 232 g/mol. The van der Waals surface area contributed by atoms with E-state index in [1.165, 1.54) is 11.0 Å². The molecule has 0 N–H and O–H groups in total. The molecule has 3 nitrogen and oxygen atoms in total. The predicted octanol–water partition coefficient (Wildman–Crippen LogP) is 2.48. The molecule has 88 valence electrons. The first-order chi connectivity index (χ1) is 8.14. The summed E-state index contributed by atoms with van der Waals surface area (Å²) in [5.41, 5.74) is -0.653. The third-order valence-electron chi connectivity index (χ3n) is 3.08. The molecule has 0 aliphatic heterocycles. The van der Waals surface area contributed by atoms with Crippen molar-refractivity contribution in [3.05, 3.63) is 30.1 Å². The first kappa shape index (κ1) is 11.6. The fourth-order valence-electron chi connectivity index (χ4n) is 1.85. The third kappa shape index (κ3) is 1.89. The van der Waals surface area contributed by atoms with Gasteiger partial charge in [0.15, 0.2) is 0 Å². The molecule has 0 heterocycles. The van der Waals surface area contributed by atoms with Gasteiger partial charge in [-0.25, -0.2) is 4.39 Å². The van der Waals surface area contributed by atoms with Gasteiger partial charge >= 0.3 is 0 Å². The first-order valence-electron chi connectivity index (χ1n) is 5.62. The number of carbonyl (C=O) groups is 1. The number of carbonyl (C=O) groups excluding carboxylic acids is 1. The van der Waals surface area contributed by atoms with Gasteiger partial charge in [-0.15, -0.1) is 0 Å². The fraction of sp³-hybridized carbons (Fsp3) is 0.385. The van der Waals surface area contributed by atoms with E-state index in [1.807, 2.05) is 6.07 Å². The molecule has 17 heavy (non-hydrogen) atoms. The Bertz CT molecular complexity index is 488. The van der Waals surface area contributed by atoms with Gasteiger partial charge in [-0.3, -0.25) is 4.79 Å². The van der Waals surface area contributed by atoms with Crippen LogP contribution in [0.4, 0.5) is 10.1 Å². The Labute approximate surface area is 99.5 Å². The largest absolute Gasteiger partial charge is 0.309 e. The second-order valence-electron chi connectivity index (χ2n) is 4.19. The summed E-state index contributed by atoms with van der Waals surface area (Å²) < 4.78 is 13.6. The minimum Gasteiger partial charge on any atom is -0.309 e. The summed E-state index contributed by atoms with van der Waals surface area (Å²) in [5, 5.41) is 9.00. The van der Waals surface area contributed by atoms with Crippen LogP contribution in [-0.2, 0) is 4.79 Å². The van der Waals surface area contributed by atoms with Crippen molar-refractivity contribution < 1.29 is 9.18 Å². The van der Waals surface area contributed by atoms with Gasteiger partial charge < -0.3 is 4.90 Å². The van der Waals surface area contributed by atoms with E-state index in [0.717, 1.165) is 0 Å². The zero-order valence-corrected chi connectivity index (χ0v) is 9.61. The molecule has 0 radical (unpaired) electrons. The lowest BCUT2D eigenvalue weighted by molar-refractivity contribution is -0.121. The van der Waals surface area contributed by atoms with E-state index in [0.29, 0.717) is 19.4 Å². The quantitative estimate of drug-likeness (QED) is 0.803. The molecule has 0 aromatic heterocycles. The Morgan fingerprint density at radius 3 is 2.65 bits per heavy atom. The Balaban J connectivity index is 2.33. The number of nitrogens with zero attached hydrogens (tertiary/aromatic N) is 2. The molecular formula is C13H13FN2O. The van der Waals surface area contributed by atoms with Crippen LogP contribution in [0.2, 0.25) is 0 Å². The molecule has 0 atom stereocenters. The van der Waals surface area contributed by atoms with Crippen LogP contribution in [-0.4, -0.2) is 12.5 Å². The van der Waals surface area contributed by atoms with Crippen LogP contribution in [0.1, 0.15) is 19.8 Å². The normalized spacial score (nSPS) is 16.1. The second kappa shape index (κ2) is 4.17. The number of benzene rings is 1. The van der Waals surface area contributed by atoms with E-state index < -0.39 is 11.2 Å². The smallest absolute Gasteiger partial charge is 0.247 e. The number of halogens is 1. The molecule has 0 bridgehead atoms. The monoisotopic (exact) mass is 232 g/mol. The van der Waals surface area contributed by atoms with Crippen LogP contribution < -0.4 is 4.90 Å². The van der Waals surface area contributed by atoms with Gasteiger partial charge in [0.05, 0.1) is 11.8 Å². The lowest BCUT2D eigenvalue weighted by atomic mass is 10.1. The molecule has 1 fully saturated rings. The van der Waals surface area contributed by atoms with Gasteiger partial charge in [-0.2, -0.15) is 5.26 Å². The summed E-state index contributed by atoms with van der Waals surface area (Å²) >= 11 is 0. The predicted molar refractivity (Wildman–Crippen MR) is 61.7 cm³/mol. The van der Waals surface area contributed by atoms with Gasteiger partial charge in [-0.05, 0) is 31.9 Å². The maximum Gasteiger partial charge on any atom is 0.247 e. The van der Waals surface area contributed by atoms with Crippen molar-refractivity contribution in [3.63, 3.8) is 0 Å². The molecule has 0 saturated heterocycles. The molecule has 0 unspecified atom stereocenters. The molecule has 1 aromatic carbocycles. The van der Waals surface area contributed by atoms with Crippen LogP contribution in [0.3, 0.4) is 0 Å². The zero-order chi connectivity index (χ0) is 12.5. The third-order valence-corrected chi connectivity index (χ3v) is 3.08. The molecule has 1 saturated carbocycles. The van der Waals surface area contributed by atoms with Crippen molar-refractivity contribution in [1.29, 1.82) is 5.26 Å². The van der Waals surface area contributed by atoms with Crippen LogP contribution in [0.5, 0.6) is 0 Å². The van der Waals surface area contributed by atoms with E-state index in [9.17, 15) is 9.18 Å². The average Bonchev–Trinajstić information content (AvgIpc) is 3.13. The van der Waals surface area contributed by atoms with Crippen LogP contribution in [0, 0.1) is 22.6 Å². The molecule has 1 aromatic rings. The Kier molecular flexibility index (Phi) is 2.84. The highest BCUT2D eigenvalue weighted by molar-refractivity contribution is 6.01. The Hall–Kier alpha value is -1.89. The van der Waals surface area contributed by atoms with Gasteiger partial charge in [0, 0.05) is 6.54 Å². The molecule has 0 spiro atoms. The van der Waals surface area contributed by atoms with E-state index in [-0.39, 0.29) is 11.6 Å². The summed E-state index contributed by atoms with van der Waals surface area (Å²) in [6, 6.07) is 8.18. The van der Waals surface area contributed by atoms with E-state index >= 15 is 0 Å². The summed E-state index contributed by atoms with van der Waals surface area (Å²) in [4.78, 5) is 13.5. The minimum atomic E-state index is -0.904. The number of nitriles is 1. The van der Waals surface area contributed by atoms with Crippen molar-refractivity contribution >= 4 is 11.6 Å². The molecule has 1 amide bonds. The number of hydrogen-bond donors (Lipinski definition) is 0. The number of para-hydroxylation sites is 1. The lowest BCUT2D eigenvalue weighted by Gasteiger charge is -2.23. The van der Waals surface area contributed by atoms with Crippen molar-refractivity contribution in [2.75, 3.05) is 11.4 Å². The van der Waals surface area contributed by atoms with E-state index in [4.69, 9.17) is 5.26 Å². The highest BCUT2D eigenvalue weighted by Gasteiger charge is 2.52. The highest BCUT2D eigenvalue weighted by atomic mass is 19.1. The minimum absolute atomic E-state index is 0.251. The van der Waals surface area contributed by atoms with Crippen molar-refractivity contribution in [3.8, 4) is 6.07 Å².